The zero-order chi connectivity index (χ0) is 17.9. The van der Waals surface area contributed by atoms with Gasteiger partial charge in [-0.25, -0.2) is 0 Å². The lowest BCUT2D eigenvalue weighted by Crippen LogP contribution is -2.31. The number of hydroxylamine groups is 1. The molecular weight excluding hydrogens is 306 g/mol. The van der Waals surface area contributed by atoms with E-state index < -0.39 is 6.10 Å². The number of carbonyl (C=O) groups is 1. The van der Waals surface area contributed by atoms with Gasteiger partial charge in [0.15, 0.2) is 0 Å². The van der Waals surface area contributed by atoms with Crippen molar-refractivity contribution in [3.8, 4) is 0 Å². The normalized spacial score (nSPS) is 12.3. The predicted octanol–water partition coefficient (Wildman–Crippen LogP) is 3.87. The lowest BCUT2D eigenvalue weighted by Gasteiger charge is -2.08. The van der Waals surface area contributed by atoms with Crippen molar-refractivity contribution in [2.45, 2.75) is 103 Å². The van der Waals surface area contributed by atoms with Crippen LogP contribution in [0.2, 0.25) is 0 Å². The van der Waals surface area contributed by atoms with E-state index in [-0.39, 0.29) is 19.1 Å². The fraction of sp³-hybridized carbons (Fsp3) is 0.947. The van der Waals surface area contributed by atoms with Gasteiger partial charge in [-0.15, -0.1) is 0 Å². The molecule has 0 amide bonds. The molecule has 24 heavy (non-hydrogen) atoms. The molecule has 1 unspecified atom stereocenters. The number of nitrogens with one attached hydrogen (secondary N) is 1. The Hall–Kier alpha value is -0.650. The van der Waals surface area contributed by atoms with Gasteiger partial charge in [-0.05, 0) is 6.42 Å². The molecule has 0 aromatic carbocycles. The third kappa shape index (κ3) is 17.7. The van der Waals surface area contributed by atoms with E-state index in [1.807, 2.05) is 0 Å². The topological polar surface area (TPSA) is 78.8 Å². The van der Waals surface area contributed by atoms with Gasteiger partial charge < -0.3 is 15.1 Å². The minimum Gasteiger partial charge on any atom is -0.394 e. The highest BCUT2D eigenvalue weighted by molar-refractivity contribution is 5.68. The number of unbranched alkanes of at least 4 members (excludes halogenated alkanes) is 12. The summed E-state index contributed by atoms with van der Waals surface area (Å²) in [6.07, 6.45) is 16.1. The highest BCUT2D eigenvalue weighted by Gasteiger charge is 2.05. The summed E-state index contributed by atoms with van der Waals surface area (Å²) in [5.41, 5.74) is 2.37. The van der Waals surface area contributed by atoms with E-state index in [1.54, 1.807) is 0 Å². The number of rotatable bonds is 18. The molecule has 5 nitrogen and oxygen atoms in total. The molecule has 0 aliphatic heterocycles. The summed E-state index contributed by atoms with van der Waals surface area (Å²) in [4.78, 5) is 16.1. The van der Waals surface area contributed by atoms with E-state index in [0.717, 1.165) is 12.8 Å². The van der Waals surface area contributed by atoms with Gasteiger partial charge in [-0.2, -0.15) is 5.48 Å². The molecule has 1 atom stereocenters. The Bertz CT molecular complexity index is 274. The van der Waals surface area contributed by atoms with Gasteiger partial charge in [-0.1, -0.05) is 84.0 Å². The first-order valence-corrected chi connectivity index (χ1v) is 9.92. The minimum absolute atomic E-state index is 0.0564. The quantitative estimate of drug-likeness (QED) is 0.260. The van der Waals surface area contributed by atoms with E-state index in [2.05, 4.69) is 12.4 Å². The van der Waals surface area contributed by atoms with Crippen LogP contribution in [0.5, 0.6) is 0 Å². The van der Waals surface area contributed by atoms with Gasteiger partial charge >= 0.3 is 5.97 Å². The van der Waals surface area contributed by atoms with E-state index in [9.17, 15) is 4.79 Å². The van der Waals surface area contributed by atoms with Crippen LogP contribution in [0.1, 0.15) is 96.8 Å². The first-order chi connectivity index (χ1) is 11.7. The SMILES string of the molecule is CCCCCCCCCCCCCCCC(=O)ONCC(O)CO. The van der Waals surface area contributed by atoms with Gasteiger partial charge in [0.05, 0.1) is 19.3 Å². The molecule has 0 fully saturated rings. The molecule has 0 aliphatic rings. The van der Waals surface area contributed by atoms with E-state index in [1.165, 1.54) is 70.6 Å². The number of aliphatic hydroxyl groups excluding tert-OH is 2. The summed E-state index contributed by atoms with van der Waals surface area (Å²) in [7, 11) is 0. The van der Waals surface area contributed by atoms with Gasteiger partial charge in [0.25, 0.3) is 0 Å². The van der Waals surface area contributed by atoms with Crippen molar-refractivity contribution < 1.29 is 19.8 Å². The van der Waals surface area contributed by atoms with E-state index in [4.69, 9.17) is 15.1 Å². The Labute approximate surface area is 148 Å². The molecule has 0 saturated heterocycles. The van der Waals surface area contributed by atoms with Crippen LogP contribution in [0.4, 0.5) is 0 Å². The van der Waals surface area contributed by atoms with Crippen LogP contribution in [0.15, 0.2) is 0 Å². The second-order valence-corrected chi connectivity index (χ2v) is 6.65. The largest absolute Gasteiger partial charge is 0.394 e. The van der Waals surface area contributed by atoms with Crippen molar-refractivity contribution in [3.63, 3.8) is 0 Å². The molecule has 0 spiro atoms. The lowest BCUT2D eigenvalue weighted by molar-refractivity contribution is -0.152. The maximum Gasteiger partial charge on any atom is 0.324 e. The summed E-state index contributed by atoms with van der Waals surface area (Å²) in [6.45, 7) is 1.97. The zero-order valence-corrected chi connectivity index (χ0v) is 15.6. The average Bonchev–Trinajstić information content (AvgIpc) is 2.58. The molecule has 0 aliphatic carbocycles. The fourth-order valence-corrected chi connectivity index (χ4v) is 2.62. The molecule has 0 rings (SSSR count). The highest BCUT2D eigenvalue weighted by Crippen LogP contribution is 2.12. The van der Waals surface area contributed by atoms with Gasteiger partial charge in [0.2, 0.25) is 0 Å². The maximum absolute atomic E-state index is 11.4. The summed E-state index contributed by atoms with van der Waals surface area (Å²) in [5, 5.41) is 17.7. The van der Waals surface area contributed by atoms with Crippen molar-refractivity contribution in [1.82, 2.24) is 5.48 Å². The van der Waals surface area contributed by atoms with Gasteiger partial charge in [-0.3, -0.25) is 4.79 Å². The van der Waals surface area contributed by atoms with Crippen LogP contribution in [-0.2, 0) is 9.63 Å². The van der Waals surface area contributed by atoms with Crippen molar-refractivity contribution in [2.24, 2.45) is 0 Å². The average molecular weight is 346 g/mol. The molecule has 0 saturated carbocycles. The Balaban J connectivity index is 3.15. The van der Waals surface area contributed by atoms with Crippen LogP contribution in [0.3, 0.4) is 0 Å². The standard InChI is InChI=1S/C19H39NO4/c1-2-3-4-5-6-7-8-9-10-11-12-13-14-15-19(23)24-20-16-18(22)17-21/h18,20-22H,2-17H2,1H3. The summed E-state index contributed by atoms with van der Waals surface area (Å²) in [5.74, 6) is -0.303. The van der Waals surface area contributed by atoms with Crippen molar-refractivity contribution in [2.75, 3.05) is 13.2 Å². The first kappa shape index (κ1) is 23.4. The van der Waals surface area contributed by atoms with Crippen LogP contribution >= 0.6 is 0 Å². The summed E-state index contributed by atoms with van der Waals surface area (Å²) >= 11 is 0. The maximum atomic E-state index is 11.4. The number of hydrogen-bond donors (Lipinski definition) is 3. The van der Waals surface area contributed by atoms with Crippen molar-refractivity contribution in [3.05, 3.63) is 0 Å². The molecule has 144 valence electrons. The fourth-order valence-electron chi connectivity index (χ4n) is 2.62. The summed E-state index contributed by atoms with van der Waals surface area (Å²) in [6, 6.07) is 0. The lowest BCUT2D eigenvalue weighted by atomic mass is 10.0. The highest BCUT2D eigenvalue weighted by atomic mass is 16.7. The van der Waals surface area contributed by atoms with Crippen LogP contribution in [-0.4, -0.2) is 35.4 Å². The number of hydrogen-bond acceptors (Lipinski definition) is 5. The second-order valence-electron chi connectivity index (χ2n) is 6.65. The van der Waals surface area contributed by atoms with E-state index in [0.29, 0.717) is 6.42 Å². The Morgan fingerprint density at radius 1 is 0.875 bits per heavy atom. The smallest absolute Gasteiger partial charge is 0.324 e. The van der Waals surface area contributed by atoms with Crippen LogP contribution in [0, 0.1) is 0 Å². The molecule has 5 heteroatoms. The van der Waals surface area contributed by atoms with Crippen LogP contribution in [0.25, 0.3) is 0 Å². The monoisotopic (exact) mass is 345 g/mol. The Morgan fingerprint density at radius 3 is 1.79 bits per heavy atom. The molecule has 0 heterocycles. The first-order valence-electron chi connectivity index (χ1n) is 9.92. The third-order valence-electron chi connectivity index (χ3n) is 4.20. The summed E-state index contributed by atoms with van der Waals surface area (Å²) < 4.78 is 0. The Kier molecular flexibility index (Phi) is 18.2. The molecule has 0 aromatic heterocycles. The molecule has 0 aromatic rings. The Morgan fingerprint density at radius 2 is 1.33 bits per heavy atom. The minimum atomic E-state index is -0.894. The van der Waals surface area contributed by atoms with Gasteiger partial charge in [0.1, 0.15) is 0 Å². The van der Waals surface area contributed by atoms with Crippen molar-refractivity contribution in [1.29, 1.82) is 0 Å². The third-order valence-corrected chi connectivity index (χ3v) is 4.20. The number of aliphatic hydroxyl groups is 2. The molecule has 3 N–H and O–H groups in total. The zero-order valence-electron chi connectivity index (χ0n) is 15.6. The van der Waals surface area contributed by atoms with Crippen LogP contribution < -0.4 is 5.48 Å². The van der Waals surface area contributed by atoms with E-state index >= 15 is 0 Å². The molecule has 0 bridgehead atoms. The van der Waals surface area contributed by atoms with Gasteiger partial charge in [0, 0.05) is 6.42 Å². The second kappa shape index (κ2) is 18.7. The predicted molar refractivity (Wildman–Crippen MR) is 97.5 cm³/mol. The number of carbonyl (C=O) groups excluding carboxylic acids is 1. The molecular formula is C19H39NO4. The molecule has 0 radical (unpaired) electrons. The van der Waals surface area contributed by atoms with Crippen molar-refractivity contribution >= 4 is 5.97 Å².